The molecule has 0 amide bonds. The van der Waals surface area contributed by atoms with Crippen molar-refractivity contribution in [3.05, 3.63) is 29.8 Å². The normalized spacial score (nSPS) is 17.9. The largest absolute Gasteiger partial charge is 0.491 e. The summed E-state index contributed by atoms with van der Waals surface area (Å²) < 4.78 is 11.0. The highest BCUT2D eigenvalue weighted by Gasteiger charge is 2.31. The van der Waals surface area contributed by atoms with Crippen LogP contribution in [0.5, 0.6) is 5.75 Å². The summed E-state index contributed by atoms with van der Waals surface area (Å²) in [4.78, 5) is 0. The molecule has 1 aromatic rings. The first-order valence-corrected chi connectivity index (χ1v) is 7.78. The highest BCUT2D eigenvalue weighted by molar-refractivity contribution is 5.27. The van der Waals surface area contributed by atoms with Crippen molar-refractivity contribution in [3.8, 4) is 5.75 Å². The van der Waals surface area contributed by atoms with E-state index in [-0.39, 0.29) is 18.1 Å². The van der Waals surface area contributed by atoms with Gasteiger partial charge in [0, 0.05) is 31.7 Å². The summed E-state index contributed by atoms with van der Waals surface area (Å²) >= 11 is 0. The summed E-state index contributed by atoms with van der Waals surface area (Å²) in [6.07, 6.45) is 2.06. The van der Waals surface area contributed by atoms with E-state index < -0.39 is 0 Å². The van der Waals surface area contributed by atoms with Crippen LogP contribution in [0.3, 0.4) is 0 Å². The molecule has 4 nitrogen and oxygen atoms in total. The van der Waals surface area contributed by atoms with E-state index in [2.05, 4.69) is 17.4 Å². The second-order valence-corrected chi connectivity index (χ2v) is 6.18. The molecule has 0 radical (unpaired) electrons. The van der Waals surface area contributed by atoms with Gasteiger partial charge in [0.25, 0.3) is 0 Å². The molecule has 2 N–H and O–H groups in total. The first-order chi connectivity index (χ1) is 10.1. The van der Waals surface area contributed by atoms with E-state index in [0.717, 1.165) is 44.9 Å². The minimum Gasteiger partial charge on any atom is -0.491 e. The Kier molecular flexibility index (Phi) is 6.03. The van der Waals surface area contributed by atoms with Gasteiger partial charge in [-0.3, -0.25) is 0 Å². The predicted octanol–water partition coefficient (Wildman–Crippen LogP) is 2.35. The van der Waals surface area contributed by atoms with Crippen molar-refractivity contribution in [1.82, 2.24) is 5.32 Å². The lowest BCUT2D eigenvalue weighted by Gasteiger charge is -2.35. The maximum atomic E-state index is 9.65. The molecule has 0 saturated carbocycles. The van der Waals surface area contributed by atoms with Gasteiger partial charge in [-0.1, -0.05) is 12.1 Å². The van der Waals surface area contributed by atoms with Crippen LogP contribution < -0.4 is 10.1 Å². The Morgan fingerprint density at radius 3 is 2.48 bits per heavy atom. The standard InChI is InChI=1S/C17H27NO3/c1-14(2)21-16-5-3-15(4-6-16)11-18-12-17(13-19)7-9-20-10-8-17/h3-6,14,18-19H,7-13H2,1-2H3. The Bertz CT molecular complexity index is 411. The van der Waals surface area contributed by atoms with E-state index in [1.165, 1.54) is 5.56 Å². The van der Waals surface area contributed by atoms with E-state index >= 15 is 0 Å². The highest BCUT2D eigenvalue weighted by Crippen LogP contribution is 2.29. The van der Waals surface area contributed by atoms with E-state index in [4.69, 9.17) is 9.47 Å². The smallest absolute Gasteiger partial charge is 0.119 e. The number of nitrogens with one attached hydrogen (secondary N) is 1. The van der Waals surface area contributed by atoms with E-state index in [0.29, 0.717) is 0 Å². The van der Waals surface area contributed by atoms with E-state index in [1.807, 2.05) is 26.0 Å². The molecule has 21 heavy (non-hydrogen) atoms. The molecule has 0 unspecified atom stereocenters. The molecule has 0 bridgehead atoms. The fourth-order valence-corrected chi connectivity index (χ4v) is 2.63. The van der Waals surface area contributed by atoms with Gasteiger partial charge in [-0.15, -0.1) is 0 Å². The number of rotatable bonds is 7. The molecule has 0 atom stereocenters. The number of hydrogen-bond acceptors (Lipinski definition) is 4. The summed E-state index contributed by atoms with van der Waals surface area (Å²) in [7, 11) is 0. The van der Waals surface area contributed by atoms with Crippen LogP contribution in [0.15, 0.2) is 24.3 Å². The Morgan fingerprint density at radius 1 is 1.24 bits per heavy atom. The van der Waals surface area contributed by atoms with Gasteiger partial charge in [-0.2, -0.15) is 0 Å². The first kappa shape index (κ1) is 16.3. The average Bonchev–Trinajstić information content (AvgIpc) is 2.49. The van der Waals surface area contributed by atoms with Crippen molar-refractivity contribution in [2.24, 2.45) is 5.41 Å². The molecular weight excluding hydrogens is 266 g/mol. The van der Waals surface area contributed by atoms with Gasteiger partial charge in [-0.25, -0.2) is 0 Å². The summed E-state index contributed by atoms with van der Waals surface area (Å²) in [5, 5.41) is 13.1. The molecule has 4 heteroatoms. The van der Waals surface area contributed by atoms with Crippen LogP contribution in [0.4, 0.5) is 0 Å². The Labute approximate surface area is 127 Å². The first-order valence-electron chi connectivity index (χ1n) is 7.78. The van der Waals surface area contributed by atoms with Crippen molar-refractivity contribution in [2.75, 3.05) is 26.4 Å². The molecule has 0 spiro atoms. The van der Waals surface area contributed by atoms with Crippen LogP contribution in [0, 0.1) is 5.41 Å². The van der Waals surface area contributed by atoms with Gasteiger partial charge in [0.2, 0.25) is 0 Å². The minimum absolute atomic E-state index is 0.0149. The monoisotopic (exact) mass is 293 g/mol. The number of benzene rings is 1. The number of aliphatic hydroxyl groups excluding tert-OH is 1. The van der Waals surface area contributed by atoms with Gasteiger partial charge in [0.1, 0.15) is 5.75 Å². The van der Waals surface area contributed by atoms with E-state index in [1.54, 1.807) is 0 Å². The highest BCUT2D eigenvalue weighted by atomic mass is 16.5. The molecule has 1 aliphatic rings. The number of aliphatic hydroxyl groups is 1. The van der Waals surface area contributed by atoms with Crippen LogP contribution >= 0.6 is 0 Å². The van der Waals surface area contributed by atoms with Gasteiger partial charge < -0.3 is 19.9 Å². The van der Waals surface area contributed by atoms with Gasteiger partial charge in [0.05, 0.1) is 12.7 Å². The fourth-order valence-electron chi connectivity index (χ4n) is 2.63. The fraction of sp³-hybridized carbons (Fsp3) is 0.647. The third-order valence-corrected chi connectivity index (χ3v) is 4.01. The third kappa shape index (κ3) is 4.99. The average molecular weight is 293 g/mol. The van der Waals surface area contributed by atoms with Crippen LogP contribution in [-0.2, 0) is 11.3 Å². The van der Waals surface area contributed by atoms with Crippen LogP contribution in [-0.4, -0.2) is 37.6 Å². The van der Waals surface area contributed by atoms with Gasteiger partial charge in [-0.05, 0) is 44.4 Å². The van der Waals surface area contributed by atoms with Crippen LogP contribution in [0.25, 0.3) is 0 Å². The molecule has 1 saturated heterocycles. The zero-order valence-corrected chi connectivity index (χ0v) is 13.1. The van der Waals surface area contributed by atoms with Crippen LogP contribution in [0.1, 0.15) is 32.3 Å². The molecular formula is C17H27NO3. The zero-order valence-electron chi connectivity index (χ0n) is 13.1. The Hall–Kier alpha value is -1.10. The second-order valence-electron chi connectivity index (χ2n) is 6.18. The molecule has 1 aliphatic heterocycles. The molecule has 118 valence electrons. The number of ether oxygens (including phenoxy) is 2. The summed E-state index contributed by atoms with van der Waals surface area (Å²) in [5.41, 5.74) is 1.21. The van der Waals surface area contributed by atoms with Crippen molar-refractivity contribution >= 4 is 0 Å². The van der Waals surface area contributed by atoms with Crippen molar-refractivity contribution in [1.29, 1.82) is 0 Å². The summed E-state index contributed by atoms with van der Waals surface area (Å²) in [6.45, 7) is 7.43. The lowest BCUT2D eigenvalue weighted by molar-refractivity contribution is -0.0154. The molecule has 1 aromatic carbocycles. The Balaban J connectivity index is 1.79. The van der Waals surface area contributed by atoms with Gasteiger partial charge >= 0.3 is 0 Å². The molecule has 2 rings (SSSR count). The molecule has 0 aromatic heterocycles. The van der Waals surface area contributed by atoms with Crippen molar-refractivity contribution in [2.45, 2.75) is 39.3 Å². The predicted molar refractivity (Wildman–Crippen MR) is 83.5 cm³/mol. The summed E-state index contributed by atoms with van der Waals surface area (Å²) in [5.74, 6) is 0.907. The Morgan fingerprint density at radius 2 is 1.90 bits per heavy atom. The SMILES string of the molecule is CC(C)Oc1ccc(CNCC2(CO)CCOCC2)cc1. The third-order valence-electron chi connectivity index (χ3n) is 4.01. The quantitative estimate of drug-likeness (QED) is 0.810. The molecule has 0 aliphatic carbocycles. The van der Waals surface area contributed by atoms with Crippen molar-refractivity contribution < 1.29 is 14.6 Å². The van der Waals surface area contributed by atoms with Crippen molar-refractivity contribution in [3.63, 3.8) is 0 Å². The van der Waals surface area contributed by atoms with Gasteiger partial charge in [0.15, 0.2) is 0 Å². The maximum Gasteiger partial charge on any atom is 0.119 e. The van der Waals surface area contributed by atoms with E-state index in [9.17, 15) is 5.11 Å². The van der Waals surface area contributed by atoms with Crippen LogP contribution in [0.2, 0.25) is 0 Å². The maximum absolute atomic E-state index is 9.65. The zero-order chi connectivity index (χ0) is 15.1. The topological polar surface area (TPSA) is 50.7 Å². The molecule has 1 fully saturated rings. The second kappa shape index (κ2) is 7.78. The summed E-state index contributed by atoms with van der Waals surface area (Å²) in [6, 6.07) is 8.18. The lowest BCUT2D eigenvalue weighted by Crippen LogP contribution is -2.41. The minimum atomic E-state index is -0.0149. The molecule has 1 heterocycles. The number of hydrogen-bond donors (Lipinski definition) is 2. The lowest BCUT2D eigenvalue weighted by atomic mass is 9.81.